The highest BCUT2D eigenvalue weighted by Crippen LogP contribution is 2.25. The highest BCUT2D eigenvalue weighted by Gasteiger charge is 2.28. The van der Waals surface area contributed by atoms with Crippen molar-refractivity contribution >= 4 is 17.5 Å². The van der Waals surface area contributed by atoms with Crippen molar-refractivity contribution in [2.24, 2.45) is 0 Å². The summed E-state index contributed by atoms with van der Waals surface area (Å²) < 4.78 is 5.83. The highest BCUT2D eigenvalue weighted by molar-refractivity contribution is 6.30. The summed E-state index contributed by atoms with van der Waals surface area (Å²) in [4.78, 5) is 23.0. The molecule has 1 aromatic heterocycles. The molecule has 24 heavy (non-hydrogen) atoms. The van der Waals surface area contributed by atoms with Gasteiger partial charge in [0.1, 0.15) is 12.4 Å². The van der Waals surface area contributed by atoms with Crippen LogP contribution in [-0.2, 0) is 4.74 Å². The maximum Gasteiger partial charge on any atom is 0.257 e. The van der Waals surface area contributed by atoms with Crippen molar-refractivity contribution in [1.82, 2.24) is 14.9 Å². The average Bonchev–Trinajstić information content (AvgIpc) is 2.62. The summed E-state index contributed by atoms with van der Waals surface area (Å²) in [6.07, 6.45) is 2.95. The molecule has 1 fully saturated rings. The number of nitrogens with zero attached hydrogens (tertiary/aromatic N) is 3. The van der Waals surface area contributed by atoms with E-state index in [1.54, 1.807) is 6.20 Å². The molecule has 1 amide bonds. The number of hydrogen-bond donors (Lipinski definition) is 0. The third kappa shape index (κ3) is 3.57. The molecular formula is C18H20ClN3O2. The summed E-state index contributed by atoms with van der Waals surface area (Å²) in [7, 11) is 0. The lowest BCUT2D eigenvalue weighted by molar-refractivity contribution is -0.0229. The molecule has 3 rings (SSSR count). The Kier molecular flexibility index (Phi) is 5.11. The molecular weight excluding hydrogens is 326 g/mol. The molecule has 6 heteroatoms. The zero-order valence-corrected chi connectivity index (χ0v) is 14.5. The van der Waals surface area contributed by atoms with Crippen molar-refractivity contribution in [3.05, 3.63) is 58.6 Å². The fourth-order valence-electron chi connectivity index (χ4n) is 2.85. The molecule has 5 nitrogen and oxygen atoms in total. The van der Waals surface area contributed by atoms with Crippen molar-refractivity contribution in [3.8, 4) is 0 Å². The molecule has 0 spiro atoms. The summed E-state index contributed by atoms with van der Waals surface area (Å²) in [5.41, 5.74) is 2.37. The van der Waals surface area contributed by atoms with Gasteiger partial charge in [0, 0.05) is 17.8 Å². The Balaban J connectivity index is 1.80. The SMILES string of the molecule is CC(C)c1ncncc1C(=O)N1CCOC(c2ccc(Cl)cc2)C1. The van der Waals surface area contributed by atoms with Crippen molar-refractivity contribution in [1.29, 1.82) is 0 Å². The molecule has 0 N–H and O–H groups in total. The van der Waals surface area contributed by atoms with E-state index in [2.05, 4.69) is 9.97 Å². The number of carbonyl (C=O) groups excluding carboxylic acids is 1. The Morgan fingerprint density at radius 2 is 2.08 bits per heavy atom. The summed E-state index contributed by atoms with van der Waals surface area (Å²) >= 11 is 5.94. The molecule has 0 saturated carbocycles. The topological polar surface area (TPSA) is 55.3 Å². The second kappa shape index (κ2) is 7.28. The summed E-state index contributed by atoms with van der Waals surface area (Å²) in [5.74, 6) is 0.126. The Morgan fingerprint density at radius 1 is 1.33 bits per heavy atom. The fraction of sp³-hybridized carbons (Fsp3) is 0.389. The largest absolute Gasteiger partial charge is 0.370 e. The second-order valence-corrected chi connectivity index (χ2v) is 6.57. The van der Waals surface area contributed by atoms with Crippen LogP contribution in [0.4, 0.5) is 0 Å². The molecule has 126 valence electrons. The van der Waals surface area contributed by atoms with Crippen molar-refractivity contribution in [3.63, 3.8) is 0 Å². The van der Waals surface area contributed by atoms with E-state index < -0.39 is 0 Å². The lowest BCUT2D eigenvalue weighted by Crippen LogP contribution is -2.42. The number of rotatable bonds is 3. The van der Waals surface area contributed by atoms with E-state index in [0.29, 0.717) is 30.3 Å². The molecule has 1 unspecified atom stereocenters. The van der Waals surface area contributed by atoms with Gasteiger partial charge in [-0.3, -0.25) is 4.79 Å². The van der Waals surface area contributed by atoms with E-state index in [9.17, 15) is 4.79 Å². The van der Waals surface area contributed by atoms with Crippen molar-refractivity contribution in [2.75, 3.05) is 19.7 Å². The van der Waals surface area contributed by atoms with Crippen molar-refractivity contribution < 1.29 is 9.53 Å². The molecule has 1 aliphatic heterocycles. The van der Waals surface area contributed by atoms with E-state index in [-0.39, 0.29) is 17.9 Å². The van der Waals surface area contributed by atoms with Gasteiger partial charge in [0.05, 0.1) is 24.4 Å². The molecule has 1 atom stereocenters. The van der Waals surface area contributed by atoms with Gasteiger partial charge in [-0.1, -0.05) is 37.6 Å². The van der Waals surface area contributed by atoms with Gasteiger partial charge >= 0.3 is 0 Å². The van der Waals surface area contributed by atoms with Crippen LogP contribution in [0, 0.1) is 0 Å². The average molecular weight is 346 g/mol. The minimum atomic E-state index is -0.146. The summed E-state index contributed by atoms with van der Waals surface area (Å²) in [6, 6.07) is 7.55. The third-order valence-corrected chi connectivity index (χ3v) is 4.37. The number of ether oxygens (including phenoxy) is 1. The Bertz CT molecular complexity index is 718. The van der Waals surface area contributed by atoms with Crippen LogP contribution in [0.3, 0.4) is 0 Å². The molecule has 0 bridgehead atoms. The Hall–Kier alpha value is -1.98. The smallest absolute Gasteiger partial charge is 0.257 e. The maximum absolute atomic E-state index is 12.9. The van der Waals surface area contributed by atoms with Crippen LogP contribution in [0.15, 0.2) is 36.8 Å². The van der Waals surface area contributed by atoms with E-state index in [4.69, 9.17) is 16.3 Å². The quantitative estimate of drug-likeness (QED) is 0.854. The molecule has 1 aromatic carbocycles. The number of hydrogen-bond acceptors (Lipinski definition) is 4. The van der Waals surface area contributed by atoms with Gasteiger partial charge < -0.3 is 9.64 Å². The zero-order chi connectivity index (χ0) is 17.1. The first kappa shape index (κ1) is 16.9. The lowest BCUT2D eigenvalue weighted by Gasteiger charge is -2.33. The normalized spacial score (nSPS) is 18.0. The number of morpholine rings is 1. The highest BCUT2D eigenvalue weighted by atomic mass is 35.5. The second-order valence-electron chi connectivity index (χ2n) is 6.14. The van der Waals surface area contributed by atoms with Crippen LogP contribution in [0.1, 0.15) is 47.5 Å². The van der Waals surface area contributed by atoms with E-state index in [1.807, 2.05) is 43.0 Å². The first-order chi connectivity index (χ1) is 11.6. The van der Waals surface area contributed by atoms with Crippen LogP contribution in [0.25, 0.3) is 0 Å². The van der Waals surface area contributed by atoms with Gasteiger partial charge in [0.15, 0.2) is 0 Å². The van der Waals surface area contributed by atoms with Gasteiger partial charge in [-0.2, -0.15) is 0 Å². The minimum Gasteiger partial charge on any atom is -0.370 e. The van der Waals surface area contributed by atoms with Crippen molar-refractivity contribution in [2.45, 2.75) is 25.9 Å². The maximum atomic E-state index is 12.9. The van der Waals surface area contributed by atoms with Gasteiger partial charge in [-0.25, -0.2) is 9.97 Å². The molecule has 0 radical (unpaired) electrons. The number of halogens is 1. The standard InChI is InChI=1S/C18H20ClN3O2/c1-12(2)17-15(9-20-11-21-17)18(23)22-7-8-24-16(10-22)13-3-5-14(19)6-4-13/h3-6,9,11-12,16H,7-8,10H2,1-2H3. The molecule has 2 heterocycles. The Morgan fingerprint density at radius 3 is 2.79 bits per heavy atom. The lowest BCUT2D eigenvalue weighted by atomic mass is 10.0. The van der Waals surface area contributed by atoms with Crippen LogP contribution in [0.2, 0.25) is 5.02 Å². The van der Waals surface area contributed by atoms with Gasteiger partial charge in [0.2, 0.25) is 0 Å². The third-order valence-electron chi connectivity index (χ3n) is 4.12. The Labute approximate surface area is 146 Å². The zero-order valence-electron chi connectivity index (χ0n) is 13.8. The monoisotopic (exact) mass is 345 g/mol. The first-order valence-corrected chi connectivity index (χ1v) is 8.40. The number of benzene rings is 1. The van der Waals surface area contributed by atoms with Gasteiger partial charge in [-0.15, -0.1) is 0 Å². The van der Waals surface area contributed by atoms with Gasteiger partial charge in [0.25, 0.3) is 5.91 Å². The predicted molar refractivity (Wildman–Crippen MR) is 92.2 cm³/mol. The fourth-order valence-corrected chi connectivity index (χ4v) is 2.97. The van der Waals surface area contributed by atoms with Crippen LogP contribution < -0.4 is 0 Å². The van der Waals surface area contributed by atoms with E-state index >= 15 is 0 Å². The number of aromatic nitrogens is 2. The van der Waals surface area contributed by atoms with E-state index in [0.717, 1.165) is 11.3 Å². The minimum absolute atomic E-state index is 0.0402. The first-order valence-electron chi connectivity index (χ1n) is 8.02. The number of amides is 1. The van der Waals surface area contributed by atoms with E-state index in [1.165, 1.54) is 6.33 Å². The molecule has 0 aliphatic carbocycles. The summed E-state index contributed by atoms with van der Waals surface area (Å²) in [5, 5.41) is 0.686. The molecule has 1 aliphatic rings. The predicted octanol–water partition coefficient (Wildman–Crippen LogP) is 3.47. The molecule has 2 aromatic rings. The summed E-state index contributed by atoms with van der Waals surface area (Å²) in [6.45, 7) is 5.62. The van der Waals surface area contributed by atoms with Crippen LogP contribution in [-0.4, -0.2) is 40.5 Å². The van der Waals surface area contributed by atoms with Crippen LogP contribution >= 0.6 is 11.6 Å². The van der Waals surface area contributed by atoms with Crippen LogP contribution in [0.5, 0.6) is 0 Å². The molecule has 1 saturated heterocycles. The van der Waals surface area contributed by atoms with Gasteiger partial charge in [-0.05, 0) is 23.6 Å². The number of carbonyl (C=O) groups is 1.